The Morgan fingerprint density at radius 2 is 1.75 bits per heavy atom. The van der Waals surface area contributed by atoms with E-state index in [0.29, 0.717) is 5.41 Å². The standard InChI is InChI=1S/C11H16.C5H12/c1-3-4-5-10(2)6-7-11-8-9-11;1-5(2,3)4/h3-5,11H,1-2,6-9H2;1-4H3/b5-4-;. The lowest BCUT2D eigenvalue weighted by Crippen LogP contribution is -1.93. The van der Waals surface area contributed by atoms with Crippen LogP contribution in [-0.2, 0) is 0 Å². The molecule has 1 fully saturated rings. The molecule has 1 aliphatic rings. The van der Waals surface area contributed by atoms with Crippen LogP contribution in [0.2, 0.25) is 0 Å². The third kappa shape index (κ3) is 15.7. The Labute approximate surface area is 102 Å². The third-order valence-electron chi connectivity index (χ3n) is 2.04. The van der Waals surface area contributed by atoms with E-state index in [2.05, 4.69) is 46.9 Å². The SMILES string of the molecule is C=C/C=C\C(=C)CCC1CC1.CC(C)(C)C. The van der Waals surface area contributed by atoms with E-state index in [-0.39, 0.29) is 0 Å². The predicted octanol–water partition coefficient (Wildman–Crippen LogP) is 5.53. The maximum Gasteiger partial charge on any atom is -0.0282 e. The van der Waals surface area contributed by atoms with Gasteiger partial charge in [-0.25, -0.2) is 0 Å². The van der Waals surface area contributed by atoms with Crippen LogP contribution in [0.25, 0.3) is 0 Å². The Hall–Kier alpha value is -0.780. The molecule has 0 radical (unpaired) electrons. The van der Waals surface area contributed by atoms with Crippen LogP contribution in [0.4, 0.5) is 0 Å². The molecule has 0 heteroatoms. The first kappa shape index (κ1) is 15.2. The Bertz CT molecular complexity index is 227. The van der Waals surface area contributed by atoms with Crippen LogP contribution < -0.4 is 0 Å². The van der Waals surface area contributed by atoms with Gasteiger partial charge >= 0.3 is 0 Å². The minimum absolute atomic E-state index is 0.500. The summed E-state index contributed by atoms with van der Waals surface area (Å²) in [5.74, 6) is 1.02. The highest BCUT2D eigenvalue weighted by atomic mass is 14.3. The van der Waals surface area contributed by atoms with Crippen LogP contribution in [0, 0.1) is 11.3 Å². The fourth-order valence-electron chi connectivity index (χ4n) is 1.08. The summed E-state index contributed by atoms with van der Waals surface area (Å²) < 4.78 is 0. The summed E-state index contributed by atoms with van der Waals surface area (Å²) >= 11 is 0. The predicted molar refractivity (Wildman–Crippen MR) is 75.6 cm³/mol. The number of hydrogen-bond donors (Lipinski definition) is 0. The highest BCUT2D eigenvalue weighted by Gasteiger charge is 2.20. The third-order valence-corrected chi connectivity index (χ3v) is 2.04. The van der Waals surface area contributed by atoms with E-state index in [1.54, 1.807) is 6.08 Å². The van der Waals surface area contributed by atoms with Gasteiger partial charge in [-0.1, -0.05) is 77.5 Å². The zero-order valence-corrected chi connectivity index (χ0v) is 11.6. The van der Waals surface area contributed by atoms with Gasteiger partial charge in [0.2, 0.25) is 0 Å². The van der Waals surface area contributed by atoms with Gasteiger partial charge in [-0.3, -0.25) is 0 Å². The largest absolute Gasteiger partial charge is 0.0991 e. The molecule has 0 saturated heterocycles. The van der Waals surface area contributed by atoms with E-state index in [1.165, 1.54) is 24.8 Å². The smallest absolute Gasteiger partial charge is 0.0282 e. The molecular weight excluding hydrogens is 192 g/mol. The molecule has 1 rings (SSSR count). The van der Waals surface area contributed by atoms with Crippen LogP contribution in [0.15, 0.2) is 37.0 Å². The van der Waals surface area contributed by atoms with Crippen molar-refractivity contribution in [1.82, 2.24) is 0 Å². The normalized spacial score (nSPS) is 15.5. The first-order valence-corrected chi connectivity index (χ1v) is 6.30. The average Bonchev–Trinajstić information content (AvgIpc) is 2.92. The van der Waals surface area contributed by atoms with Gasteiger partial charge in [0.1, 0.15) is 0 Å². The molecule has 0 aromatic carbocycles. The molecule has 1 saturated carbocycles. The summed E-state index contributed by atoms with van der Waals surface area (Å²) in [5, 5.41) is 0. The van der Waals surface area contributed by atoms with Gasteiger partial charge in [0.15, 0.2) is 0 Å². The van der Waals surface area contributed by atoms with Crippen LogP contribution >= 0.6 is 0 Å². The molecule has 0 atom stereocenters. The van der Waals surface area contributed by atoms with Crippen molar-refractivity contribution >= 4 is 0 Å². The monoisotopic (exact) mass is 220 g/mol. The van der Waals surface area contributed by atoms with Gasteiger partial charge in [0, 0.05) is 0 Å². The molecule has 0 bridgehead atoms. The molecule has 16 heavy (non-hydrogen) atoms. The van der Waals surface area contributed by atoms with Gasteiger partial charge in [0.25, 0.3) is 0 Å². The van der Waals surface area contributed by atoms with Crippen molar-refractivity contribution in [3.63, 3.8) is 0 Å². The first-order chi connectivity index (χ1) is 7.33. The Morgan fingerprint density at radius 1 is 1.25 bits per heavy atom. The lowest BCUT2D eigenvalue weighted by atomic mass is 10.0. The molecule has 0 aliphatic heterocycles. The molecule has 0 aromatic heterocycles. The topological polar surface area (TPSA) is 0 Å². The summed E-state index contributed by atoms with van der Waals surface area (Å²) in [4.78, 5) is 0. The lowest BCUT2D eigenvalue weighted by molar-refractivity contribution is 0.469. The summed E-state index contributed by atoms with van der Waals surface area (Å²) in [7, 11) is 0. The van der Waals surface area contributed by atoms with Crippen molar-refractivity contribution < 1.29 is 0 Å². The van der Waals surface area contributed by atoms with E-state index in [1.807, 2.05) is 6.08 Å². The van der Waals surface area contributed by atoms with Crippen LogP contribution in [0.3, 0.4) is 0 Å². The second kappa shape index (κ2) is 7.49. The second-order valence-electron chi connectivity index (χ2n) is 6.24. The minimum atomic E-state index is 0.500. The van der Waals surface area contributed by atoms with Gasteiger partial charge in [-0.05, 0) is 24.2 Å². The molecule has 0 N–H and O–H groups in total. The quantitative estimate of drug-likeness (QED) is 0.535. The molecule has 0 aromatic rings. The highest BCUT2D eigenvalue weighted by molar-refractivity contribution is 5.18. The molecule has 0 spiro atoms. The molecule has 0 unspecified atom stereocenters. The second-order valence-corrected chi connectivity index (χ2v) is 6.24. The molecular formula is C16H28. The average molecular weight is 220 g/mol. The Morgan fingerprint density at radius 3 is 2.12 bits per heavy atom. The van der Waals surface area contributed by atoms with Crippen LogP contribution in [0.1, 0.15) is 53.4 Å². The van der Waals surface area contributed by atoms with Crippen molar-refractivity contribution in [3.8, 4) is 0 Å². The van der Waals surface area contributed by atoms with E-state index >= 15 is 0 Å². The molecule has 0 amide bonds. The van der Waals surface area contributed by atoms with Crippen LogP contribution in [-0.4, -0.2) is 0 Å². The summed E-state index contributed by atoms with van der Waals surface area (Å²) in [5.41, 5.74) is 1.73. The fraction of sp³-hybridized carbons (Fsp3) is 0.625. The van der Waals surface area contributed by atoms with Crippen LogP contribution in [0.5, 0.6) is 0 Å². The maximum absolute atomic E-state index is 3.96. The highest BCUT2D eigenvalue weighted by Crippen LogP contribution is 2.34. The Balaban J connectivity index is 0.000000385. The van der Waals surface area contributed by atoms with E-state index < -0.39 is 0 Å². The number of allylic oxidation sites excluding steroid dienone is 4. The molecule has 0 nitrogen and oxygen atoms in total. The molecule has 1 aliphatic carbocycles. The van der Waals surface area contributed by atoms with E-state index in [4.69, 9.17) is 0 Å². The summed E-state index contributed by atoms with van der Waals surface area (Å²) in [6.07, 6.45) is 11.2. The van der Waals surface area contributed by atoms with Gasteiger partial charge in [-0.2, -0.15) is 0 Å². The van der Waals surface area contributed by atoms with Gasteiger partial charge < -0.3 is 0 Å². The van der Waals surface area contributed by atoms with E-state index in [9.17, 15) is 0 Å². The summed E-state index contributed by atoms with van der Waals surface area (Å²) in [6, 6.07) is 0. The van der Waals surface area contributed by atoms with Gasteiger partial charge in [-0.15, -0.1) is 0 Å². The zero-order valence-electron chi connectivity index (χ0n) is 11.6. The van der Waals surface area contributed by atoms with Crippen molar-refractivity contribution in [2.45, 2.75) is 53.4 Å². The van der Waals surface area contributed by atoms with Crippen molar-refractivity contribution in [3.05, 3.63) is 37.0 Å². The zero-order chi connectivity index (χ0) is 12.6. The fourth-order valence-corrected chi connectivity index (χ4v) is 1.08. The van der Waals surface area contributed by atoms with Gasteiger partial charge in [0.05, 0.1) is 0 Å². The summed E-state index contributed by atoms with van der Waals surface area (Å²) in [6.45, 7) is 16.3. The first-order valence-electron chi connectivity index (χ1n) is 6.30. The number of rotatable bonds is 5. The number of hydrogen-bond acceptors (Lipinski definition) is 0. The van der Waals surface area contributed by atoms with Crippen molar-refractivity contribution in [2.75, 3.05) is 0 Å². The van der Waals surface area contributed by atoms with Crippen molar-refractivity contribution in [2.24, 2.45) is 11.3 Å². The Kier molecular flexibility index (Phi) is 7.12. The lowest BCUT2D eigenvalue weighted by Gasteiger charge is -2.05. The van der Waals surface area contributed by atoms with E-state index in [0.717, 1.165) is 12.3 Å². The van der Waals surface area contributed by atoms with Crippen molar-refractivity contribution in [1.29, 1.82) is 0 Å². The maximum atomic E-state index is 3.96. The molecule has 0 heterocycles. The molecule has 92 valence electrons. The minimum Gasteiger partial charge on any atom is -0.0991 e.